The van der Waals surface area contributed by atoms with Gasteiger partial charge in [0.15, 0.2) is 5.15 Å². The minimum absolute atomic E-state index is 0.241. The van der Waals surface area contributed by atoms with Crippen molar-refractivity contribution in [2.45, 2.75) is 19.8 Å². The molecule has 0 spiro atoms. The van der Waals surface area contributed by atoms with Crippen LogP contribution in [0.2, 0.25) is 5.15 Å². The molecule has 0 aliphatic rings. The number of hydrogen-bond donors (Lipinski definition) is 0. The highest BCUT2D eigenvalue weighted by molar-refractivity contribution is 6.29. The molecule has 0 unspecified atom stereocenters. The van der Waals surface area contributed by atoms with Gasteiger partial charge in [0.25, 0.3) is 0 Å². The van der Waals surface area contributed by atoms with Gasteiger partial charge in [-0.1, -0.05) is 16.8 Å². The van der Waals surface area contributed by atoms with E-state index in [1.54, 1.807) is 13.0 Å². The van der Waals surface area contributed by atoms with Crippen LogP contribution in [0.5, 0.6) is 0 Å². The monoisotopic (exact) mass is 203 g/mol. The van der Waals surface area contributed by atoms with Gasteiger partial charge in [-0.25, -0.2) is 0 Å². The van der Waals surface area contributed by atoms with E-state index in [9.17, 15) is 4.79 Å². The third kappa shape index (κ3) is 3.46. The van der Waals surface area contributed by atoms with E-state index in [1.165, 1.54) is 0 Å². The zero-order valence-electron chi connectivity index (χ0n) is 7.25. The Balaban J connectivity index is 2.30. The number of rotatable bonds is 4. The summed E-state index contributed by atoms with van der Waals surface area (Å²) in [6, 6.07) is 1.58. The maximum atomic E-state index is 10.9. The third-order valence-corrected chi connectivity index (χ3v) is 1.59. The van der Waals surface area contributed by atoms with Crippen molar-refractivity contribution < 1.29 is 14.1 Å². The average Bonchev–Trinajstić information content (AvgIpc) is 2.49. The van der Waals surface area contributed by atoms with Crippen LogP contribution in [-0.4, -0.2) is 17.7 Å². The van der Waals surface area contributed by atoms with Crippen molar-refractivity contribution in [3.05, 3.63) is 17.0 Å². The van der Waals surface area contributed by atoms with Crippen LogP contribution in [0.25, 0.3) is 0 Å². The van der Waals surface area contributed by atoms with Crippen molar-refractivity contribution in [2.75, 3.05) is 6.61 Å². The Morgan fingerprint density at radius 2 is 2.54 bits per heavy atom. The van der Waals surface area contributed by atoms with Crippen LogP contribution in [0.15, 0.2) is 10.6 Å². The predicted octanol–water partition coefficient (Wildman–Crippen LogP) is 1.82. The normalized spacial score (nSPS) is 10.0. The number of aromatic nitrogens is 1. The fraction of sp³-hybridized carbons (Fsp3) is 0.500. The molecule has 1 rings (SSSR count). The Hall–Kier alpha value is -1.03. The van der Waals surface area contributed by atoms with Crippen molar-refractivity contribution in [1.29, 1.82) is 0 Å². The number of carbonyl (C=O) groups excluding carboxylic acids is 1. The Kier molecular flexibility index (Phi) is 3.76. The van der Waals surface area contributed by atoms with E-state index < -0.39 is 0 Å². The SMILES string of the molecule is CCOC(=O)CCc1cc(Cl)no1. The smallest absolute Gasteiger partial charge is 0.306 e. The first-order valence-corrected chi connectivity index (χ1v) is 4.37. The average molecular weight is 204 g/mol. The molecular weight excluding hydrogens is 194 g/mol. The molecule has 0 aliphatic heterocycles. The molecule has 0 amide bonds. The Morgan fingerprint density at radius 1 is 1.77 bits per heavy atom. The molecular formula is C8H10ClNO3. The van der Waals surface area contributed by atoms with Gasteiger partial charge in [0.05, 0.1) is 13.0 Å². The molecule has 1 heterocycles. The van der Waals surface area contributed by atoms with Crippen molar-refractivity contribution in [1.82, 2.24) is 5.16 Å². The second-order valence-corrected chi connectivity index (χ2v) is 2.81. The third-order valence-electron chi connectivity index (χ3n) is 1.41. The van der Waals surface area contributed by atoms with Crippen LogP contribution in [-0.2, 0) is 16.0 Å². The van der Waals surface area contributed by atoms with E-state index in [2.05, 4.69) is 5.16 Å². The minimum Gasteiger partial charge on any atom is -0.466 e. The molecule has 1 aromatic rings. The summed E-state index contributed by atoms with van der Waals surface area (Å²) in [5, 5.41) is 3.78. The number of esters is 1. The van der Waals surface area contributed by atoms with Crippen molar-refractivity contribution in [2.24, 2.45) is 0 Å². The highest BCUT2D eigenvalue weighted by Crippen LogP contribution is 2.10. The molecule has 0 saturated carbocycles. The summed E-state index contributed by atoms with van der Waals surface area (Å²) in [6.45, 7) is 2.17. The van der Waals surface area contributed by atoms with E-state index in [0.29, 0.717) is 30.4 Å². The zero-order valence-corrected chi connectivity index (χ0v) is 8.00. The quantitative estimate of drug-likeness (QED) is 0.701. The summed E-state index contributed by atoms with van der Waals surface area (Å²) in [5.41, 5.74) is 0. The molecule has 72 valence electrons. The largest absolute Gasteiger partial charge is 0.466 e. The molecule has 5 heteroatoms. The first kappa shape index (κ1) is 10.1. The molecule has 0 saturated heterocycles. The van der Waals surface area contributed by atoms with Gasteiger partial charge in [0.2, 0.25) is 0 Å². The fourth-order valence-electron chi connectivity index (χ4n) is 0.864. The summed E-state index contributed by atoms with van der Waals surface area (Å²) in [7, 11) is 0. The van der Waals surface area contributed by atoms with Crippen LogP contribution in [0.1, 0.15) is 19.1 Å². The van der Waals surface area contributed by atoms with Crippen LogP contribution in [0.4, 0.5) is 0 Å². The molecule has 1 aromatic heterocycles. The molecule has 0 atom stereocenters. The van der Waals surface area contributed by atoms with Crippen molar-refractivity contribution in [3.63, 3.8) is 0 Å². The fourth-order valence-corrected chi connectivity index (χ4v) is 1.02. The molecule has 0 aliphatic carbocycles. The predicted molar refractivity (Wildman–Crippen MR) is 46.5 cm³/mol. The standard InChI is InChI=1S/C8H10ClNO3/c1-2-12-8(11)4-3-6-5-7(9)10-13-6/h5H,2-4H2,1H3. The van der Waals surface area contributed by atoms with Gasteiger partial charge in [-0.2, -0.15) is 0 Å². The Bertz CT molecular complexity index is 285. The second-order valence-electron chi connectivity index (χ2n) is 2.42. The number of ether oxygens (including phenoxy) is 1. The molecule has 4 nitrogen and oxygen atoms in total. The van der Waals surface area contributed by atoms with Gasteiger partial charge in [0.1, 0.15) is 5.76 Å². The van der Waals surface area contributed by atoms with Gasteiger partial charge in [-0.15, -0.1) is 0 Å². The summed E-state index contributed by atoms with van der Waals surface area (Å²) in [5.74, 6) is 0.355. The lowest BCUT2D eigenvalue weighted by Gasteiger charge is -1.98. The lowest BCUT2D eigenvalue weighted by atomic mass is 10.2. The van der Waals surface area contributed by atoms with E-state index in [1.807, 2.05) is 0 Å². The van der Waals surface area contributed by atoms with E-state index in [0.717, 1.165) is 0 Å². The van der Waals surface area contributed by atoms with Gasteiger partial charge >= 0.3 is 5.97 Å². The number of carbonyl (C=O) groups is 1. The van der Waals surface area contributed by atoms with Crippen LogP contribution >= 0.6 is 11.6 Å². The van der Waals surface area contributed by atoms with Crippen molar-refractivity contribution >= 4 is 17.6 Å². The lowest BCUT2D eigenvalue weighted by molar-refractivity contribution is -0.143. The van der Waals surface area contributed by atoms with E-state index >= 15 is 0 Å². The van der Waals surface area contributed by atoms with Gasteiger partial charge < -0.3 is 9.26 Å². The van der Waals surface area contributed by atoms with E-state index in [4.69, 9.17) is 20.9 Å². The maximum Gasteiger partial charge on any atom is 0.306 e. The first-order chi connectivity index (χ1) is 6.22. The van der Waals surface area contributed by atoms with Gasteiger partial charge in [-0.05, 0) is 6.92 Å². The van der Waals surface area contributed by atoms with Gasteiger partial charge in [0, 0.05) is 12.5 Å². The number of hydrogen-bond acceptors (Lipinski definition) is 4. The molecule has 13 heavy (non-hydrogen) atoms. The summed E-state index contributed by atoms with van der Waals surface area (Å²) in [6.07, 6.45) is 0.762. The molecule has 0 radical (unpaired) electrons. The topological polar surface area (TPSA) is 52.3 Å². The Labute approximate surface area is 80.8 Å². The van der Waals surface area contributed by atoms with Crippen LogP contribution in [0.3, 0.4) is 0 Å². The van der Waals surface area contributed by atoms with Gasteiger partial charge in [-0.3, -0.25) is 4.79 Å². The summed E-state index contributed by atoms with van der Waals surface area (Å²) in [4.78, 5) is 10.9. The number of nitrogens with zero attached hydrogens (tertiary/aromatic N) is 1. The summed E-state index contributed by atoms with van der Waals surface area (Å²) >= 11 is 5.52. The number of aryl methyl sites for hydroxylation is 1. The molecule has 0 N–H and O–H groups in total. The van der Waals surface area contributed by atoms with E-state index in [-0.39, 0.29) is 5.97 Å². The highest BCUT2D eigenvalue weighted by atomic mass is 35.5. The number of halogens is 1. The molecule has 0 fully saturated rings. The Morgan fingerprint density at radius 3 is 3.08 bits per heavy atom. The lowest BCUT2D eigenvalue weighted by Crippen LogP contribution is -2.04. The molecule has 0 bridgehead atoms. The zero-order chi connectivity index (χ0) is 9.68. The first-order valence-electron chi connectivity index (χ1n) is 3.99. The second kappa shape index (κ2) is 4.87. The van der Waals surface area contributed by atoms with Crippen LogP contribution < -0.4 is 0 Å². The molecule has 0 aromatic carbocycles. The minimum atomic E-state index is -0.241. The maximum absolute atomic E-state index is 10.9. The van der Waals surface area contributed by atoms with Crippen LogP contribution in [0, 0.1) is 0 Å². The highest BCUT2D eigenvalue weighted by Gasteiger charge is 2.06. The van der Waals surface area contributed by atoms with Crippen molar-refractivity contribution in [3.8, 4) is 0 Å². The summed E-state index contributed by atoms with van der Waals surface area (Å²) < 4.78 is 9.54.